The van der Waals surface area contributed by atoms with Gasteiger partial charge in [0.15, 0.2) is 0 Å². The Labute approximate surface area is 129 Å². The van der Waals surface area contributed by atoms with Crippen molar-refractivity contribution < 1.29 is 9.18 Å². The maximum Gasteiger partial charge on any atom is 0.319 e. The Balaban J connectivity index is 1.78. The van der Waals surface area contributed by atoms with Crippen LogP contribution in [0.2, 0.25) is 0 Å². The molecular weight excluding hydrogens is 283 g/mol. The number of rotatable bonds is 5. The molecule has 0 fully saturated rings. The van der Waals surface area contributed by atoms with E-state index in [-0.39, 0.29) is 11.8 Å². The lowest BCUT2D eigenvalue weighted by atomic mass is 10.1. The summed E-state index contributed by atoms with van der Waals surface area (Å²) in [5.41, 5.74) is 1.46. The first kappa shape index (κ1) is 15.8. The molecule has 2 rings (SSSR count). The minimum atomic E-state index is -0.309. The molecule has 0 aliphatic rings. The summed E-state index contributed by atoms with van der Waals surface area (Å²) in [5.74, 6) is 0.547. The summed E-state index contributed by atoms with van der Waals surface area (Å²) >= 11 is 0. The molecule has 5 nitrogen and oxygen atoms in total. The van der Waals surface area contributed by atoms with Gasteiger partial charge in [-0.05, 0) is 36.2 Å². The van der Waals surface area contributed by atoms with Gasteiger partial charge in [0.2, 0.25) is 0 Å². The molecule has 0 saturated heterocycles. The van der Waals surface area contributed by atoms with Gasteiger partial charge < -0.3 is 15.5 Å². The van der Waals surface area contributed by atoms with Crippen molar-refractivity contribution in [3.8, 4) is 0 Å². The van der Waals surface area contributed by atoms with E-state index in [4.69, 9.17) is 0 Å². The van der Waals surface area contributed by atoms with Crippen molar-refractivity contribution in [2.75, 3.05) is 30.9 Å². The number of hydrogen-bond donors (Lipinski definition) is 2. The van der Waals surface area contributed by atoms with Gasteiger partial charge in [0.05, 0.1) is 11.9 Å². The molecule has 6 heteroatoms. The maximum atomic E-state index is 13.0. The van der Waals surface area contributed by atoms with E-state index in [0.717, 1.165) is 11.4 Å². The Morgan fingerprint density at radius 1 is 1.27 bits per heavy atom. The summed E-state index contributed by atoms with van der Waals surface area (Å²) in [7, 11) is 3.79. The first-order chi connectivity index (χ1) is 10.5. The van der Waals surface area contributed by atoms with Gasteiger partial charge in [-0.25, -0.2) is 14.2 Å². The maximum absolute atomic E-state index is 13.0. The Morgan fingerprint density at radius 2 is 2.09 bits per heavy atom. The molecule has 0 atom stereocenters. The zero-order valence-corrected chi connectivity index (χ0v) is 12.6. The third-order valence-electron chi connectivity index (χ3n) is 3.05. The highest BCUT2D eigenvalue weighted by molar-refractivity contribution is 5.89. The van der Waals surface area contributed by atoms with Gasteiger partial charge in [-0.15, -0.1) is 0 Å². The predicted octanol–water partition coefficient (Wildman–Crippen LogP) is 2.65. The lowest BCUT2D eigenvalue weighted by molar-refractivity contribution is 0.252. The van der Waals surface area contributed by atoms with Crippen molar-refractivity contribution in [2.45, 2.75) is 6.42 Å². The minimum absolute atomic E-state index is 0.269. The summed E-state index contributed by atoms with van der Waals surface area (Å²) in [6, 6.07) is 9.64. The van der Waals surface area contributed by atoms with E-state index in [1.807, 2.05) is 31.1 Å². The number of anilines is 2. The molecule has 0 unspecified atom stereocenters. The zero-order chi connectivity index (χ0) is 15.9. The number of nitrogens with zero attached hydrogens (tertiary/aromatic N) is 2. The van der Waals surface area contributed by atoms with Crippen LogP contribution in [-0.4, -0.2) is 31.7 Å². The Hall–Kier alpha value is -2.63. The number of amides is 2. The molecular formula is C16H19FN4O. The standard InChI is InChI=1S/C16H19FN4O/c1-21(2)15-7-6-14(11-19-15)20-16(22)18-9-8-12-4-3-5-13(17)10-12/h3-7,10-11H,8-9H2,1-2H3,(H2,18,20,22). The number of carbonyl (C=O) groups excluding carboxylic acids is 1. The third-order valence-corrected chi connectivity index (χ3v) is 3.05. The Bertz CT molecular complexity index is 628. The smallest absolute Gasteiger partial charge is 0.319 e. The molecule has 1 aromatic heterocycles. The number of pyridine rings is 1. The molecule has 0 aliphatic carbocycles. The monoisotopic (exact) mass is 302 g/mol. The second-order valence-electron chi connectivity index (χ2n) is 5.06. The summed E-state index contributed by atoms with van der Waals surface area (Å²) in [5, 5.41) is 5.43. The molecule has 116 valence electrons. The summed E-state index contributed by atoms with van der Waals surface area (Å²) in [6.45, 7) is 0.429. The van der Waals surface area contributed by atoms with Gasteiger partial charge in [-0.1, -0.05) is 12.1 Å². The highest BCUT2D eigenvalue weighted by Gasteiger charge is 2.03. The number of carbonyl (C=O) groups is 1. The first-order valence-electron chi connectivity index (χ1n) is 6.97. The molecule has 0 aliphatic heterocycles. The summed E-state index contributed by atoms with van der Waals surface area (Å²) in [6.07, 6.45) is 2.17. The Morgan fingerprint density at radius 3 is 2.73 bits per heavy atom. The molecule has 0 radical (unpaired) electrons. The second kappa shape index (κ2) is 7.40. The number of aromatic nitrogens is 1. The fraction of sp³-hybridized carbons (Fsp3) is 0.250. The quantitative estimate of drug-likeness (QED) is 0.892. The van der Waals surface area contributed by atoms with E-state index in [9.17, 15) is 9.18 Å². The number of nitrogens with one attached hydrogen (secondary N) is 2. The van der Waals surface area contributed by atoms with Gasteiger partial charge in [0.25, 0.3) is 0 Å². The number of benzene rings is 1. The largest absolute Gasteiger partial charge is 0.363 e. The highest BCUT2D eigenvalue weighted by atomic mass is 19.1. The lowest BCUT2D eigenvalue weighted by Gasteiger charge is -2.12. The topological polar surface area (TPSA) is 57.3 Å². The fourth-order valence-electron chi connectivity index (χ4n) is 1.91. The van der Waals surface area contributed by atoms with Crippen LogP contribution in [0.1, 0.15) is 5.56 Å². The number of hydrogen-bond acceptors (Lipinski definition) is 3. The van der Waals surface area contributed by atoms with Crippen molar-refractivity contribution in [2.24, 2.45) is 0 Å². The molecule has 2 aromatic rings. The van der Waals surface area contributed by atoms with E-state index in [0.29, 0.717) is 18.7 Å². The van der Waals surface area contributed by atoms with Crippen LogP contribution in [0, 0.1) is 5.82 Å². The second-order valence-corrected chi connectivity index (χ2v) is 5.06. The van der Waals surface area contributed by atoms with Gasteiger partial charge in [0.1, 0.15) is 11.6 Å². The van der Waals surface area contributed by atoms with Gasteiger partial charge in [-0.3, -0.25) is 0 Å². The van der Waals surface area contributed by atoms with Gasteiger partial charge in [-0.2, -0.15) is 0 Å². The molecule has 1 heterocycles. The van der Waals surface area contributed by atoms with Crippen molar-refractivity contribution in [1.29, 1.82) is 0 Å². The average Bonchev–Trinajstić information content (AvgIpc) is 2.48. The van der Waals surface area contributed by atoms with Crippen LogP contribution in [0.3, 0.4) is 0 Å². The lowest BCUT2D eigenvalue weighted by Crippen LogP contribution is -2.30. The molecule has 1 aromatic carbocycles. The van der Waals surface area contributed by atoms with E-state index >= 15 is 0 Å². The van der Waals surface area contributed by atoms with Crippen LogP contribution in [0.4, 0.5) is 20.7 Å². The van der Waals surface area contributed by atoms with E-state index in [1.54, 1.807) is 18.3 Å². The predicted molar refractivity (Wildman–Crippen MR) is 85.7 cm³/mol. The SMILES string of the molecule is CN(C)c1ccc(NC(=O)NCCc2cccc(F)c2)cn1. The molecule has 0 bridgehead atoms. The zero-order valence-electron chi connectivity index (χ0n) is 12.6. The van der Waals surface area contributed by atoms with E-state index < -0.39 is 0 Å². The van der Waals surface area contributed by atoms with E-state index in [1.165, 1.54) is 12.1 Å². The van der Waals surface area contributed by atoms with Crippen LogP contribution >= 0.6 is 0 Å². The summed E-state index contributed by atoms with van der Waals surface area (Å²) < 4.78 is 13.0. The highest BCUT2D eigenvalue weighted by Crippen LogP contribution is 2.11. The van der Waals surface area contributed by atoms with Crippen molar-refractivity contribution in [3.05, 3.63) is 54.0 Å². The number of halogens is 1. The molecule has 0 saturated carbocycles. The normalized spacial score (nSPS) is 10.1. The van der Waals surface area contributed by atoms with Crippen LogP contribution in [0.25, 0.3) is 0 Å². The summed E-state index contributed by atoms with van der Waals surface area (Å²) in [4.78, 5) is 17.8. The molecule has 22 heavy (non-hydrogen) atoms. The first-order valence-corrected chi connectivity index (χ1v) is 6.97. The number of urea groups is 1. The van der Waals surface area contributed by atoms with Crippen LogP contribution < -0.4 is 15.5 Å². The van der Waals surface area contributed by atoms with Gasteiger partial charge in [0, 0.05) is 20.6 Å². The van der Waals surface area contributed by atoms with Crippen molar-refractivity contribution in [3.63, 3.8) is 0 Å². The van der Waals surface area contributed by atoms with Crippen LogP contribution in [0.5, 0.6) is 0 Å². The Kier molecular flexibility index (Phi) is 5.30. The fourth-order valence-corrected chi connectivity index (χ4v) is 1.91. The minimum Gasteiger partial charge on any atom is -0.363 e. The van der Waals surface area contributed by atoms with Crippen molar-refractivity contribution >= 4 is 17.5 Å². The van der Waals surface area contributed by atoms with Gasteiger partial charge >= 0.3 is 6.03 Å². The van der Waals surface area contributed by atoms with Crippen LogP contribution in [0.15, 0.2) is 42.6 Å². The van der Waals surface area contributed by atoms with E-state index in [2.05, 4.69) is 15.6 Å². The molecule has 0 spiro atoms. The average molecular weight is 302 g/mol. The van der Waals surface area contributed by atoms with Crippen molar-refractivity contribution in [1.82, 2.24) is 10.3 Å². The third kappa shape index (κ3) is 4.73. The van der Waals surface area contributed by atoms with Crippen LogP contribution in [-0.2, 0) is 6.42 Å². The molecule has 2 N–H and O–H groups in total. The molecule has 2 amide bonds.